The Labute approximate surface area is 127 Å². The summed E-state index contributed by atoms with van der Waals surface area (Å²) < 4.78 is 1.14. The summed E-state index contributed by atoms with van der Waals surface area (Å²) in [5.41, 5.74) is 8.10. The third-order valence-corrected chi connectivity index (χ3v) is 5.17. The molecule has 0 aliphatic heterocycles. The molecular formula is C15H19BrN2S. The van der Waals surface area contributed by atoms with Crippen molar-refractivity contribution in [3.8, 4) is 0 Å². The molecule has 1 aromatic heterocycles. The highest BCUT2D eigenvalue weighted by atomic mass is 79.9. The molecule has 2 N–H and O–H groups in total. The number of halogens is 1. The first kappa shape index (κ1) is 14.7. The minimum atomic E-state index is 0.432. The average Bonchev–Trinajstić information content (AvgIpc) is 2.94. The number of rotatable bonds is 5. The van der Waals surface area contributed by atoms with Crippen molar-refractivity contribution in [3.05, 3.63) is 56.2 Å². The summed E-state index contributed by atoms with van der Waals surface area (Å²) >= 11 is 5.44. The molecule has 19 heavy (non-hydrogen) atoms. The van der Waals surface area contributed by atoms with E-state index in [2.05, 4.69) is 70.5 Å². The van der Waals surface area contributed by atoms with E-state index in [1.807, 2.05) is 11.3 Å². The molecule has 0 fully saturated rings. The van der Waals surface area contributed by atoms with Crippen LogP contribution in [-0.4, -0.2) is 11.9 Å². The van der Waals surface area contributed by atoms with Crippen LogP contribution in [0.2, 0.25) is 0 Å². The number of nitrogens with two attached hydrogens (primary N) is 1. The first-order valence-corrected chi connectivity index (χ1v) is 8.00. The van der Waals surface area contributed by atoms with Crippen LogP contribution in [0.4, 0.5) is 0 Å². The van der Waals surface area contributed by atoms with Crippen molar-refractivity contribution >= 4 is 27.3 Å². The standard InChI is InChI=1S/C15H19BrN2S/c1-11(15-4-3-7-19-15)18(2)10-13-6-5-12(9-17)8-14(13)16/h3-8,11H,9-10,17H2,1-2H3. The normalized spacial score (nSPS) is 12.9. The van der Waals surface area contributed by atoms with Gasteiger partial charge in [0.2, 0.25) is 0 Å². The van der Waals surface area contributed by atoms with E-state index in [9.17, 15) is 0 Å². The van der Waals surface area contributed by atoms with Gasteiger partial charge in [0, 0.05) is 28.5 Å². The molecule has 0 aliphatic rings. The Morgan fingerprint density at radius 2 is 2.16 bits per heavy atom. The van der Waals surface area contributed by atoms with Gasteiger partial charge in [-0.2, -0.15) is 0 Å². The summed E-state index contributed by atoms with van der Waals surface area (Å²) in [5.74, 6) is 0. The Balaban J connectivity index is 2.08. The van der Waals surface area contributed by atoms with Crippen molar-refractivity contribution in [1.29, 1.82) is 0 Å². The Bertz CT molecular complexity index is 525. The molecule has 0 radical (unpaired) electrons. The van der Waals surface area contributed by atoms with Crippen LogP contribution in [0.3, 0.4) is 0 Å². The summed E-state index contributed by atoms with van der Waals surface area (Å²) in [6.07, 6.45) is 0. The van der Waals surface area contributed by atoms with Gasteiger partial charge in [-0.3, -0.25) is 4.90 Å². The molecule has 102 valence electrons. The lowest BCUT2D eigenvalue weighted by molar-refractivity contribution is 0.256. The molecule has 0 saturated carbocycles. The van der Waals surface area contributed by atoms with Crippen LogP contribution < -0.4 is 5.73 Å². The van der Waals surface area contributed by atoms with Gasteiger partial charge < -0.3 is 5.73 Å². The maximum absolute atomic E-state index is 5.65. The molecule has 1 atom stereocenters. The predicted molar refractivity (Wildman–Crippen MR) is 86.2 cm³/mol. The number of benzene rings is 1. The van der Waals surface area contributed by atoms with Gasteiger partial charge in [-0.05, 0) is 42.6 Å². The van der Waals surface area contributed by atoms with E-state index < -0.39 is 0 Å². The Morgan fingerprint density at radius 1 is 1.37 bits per heavy atom. The van der Waals surface area contributed by atoms with Crippen LogP contribution >= 0.6 is 27.3 Å². The van der Waals surface area contributed by atoms with E-state index >= 15 is 0 Å². The van der Waals surface area contributed by atoms with E-state index in [0.29, 0.717) is 12.6 Å². The average molecular weight is 339 g/mol. The summed E-state index contributed by atoms with van der Waals surface area (Å²) in [4.78, 5) is 3.76. The molecule has 1 aromatic carbocycles. The molecule has 0 saturated heterocycles. The number of thiophene rings is 1. The summed E-state index contributed by atoms with van der Waals surface area (Å²) in [7, 11) is 2.16. The highest BCUT2D eigenvalue weighted by Crippen LogP contribution is 2.27. The maximum atomic E-state index is 5.65. The zero-order chi connectivity index (χ0) is 13.8. The minimum absolute atomic E-state index is 0.432. The highest BCUT2D eigenvalue weighted by Gasteiger charge is 2.14. The van der Waals surface area contributed by atoms with E-state index in [1.165, 1.54) is 10.4 Å². The fourth-order valence-electron chi connectivity index (χ4n) is 2.00. The van der Waals surface area contributed by atoms with Gasteiger partial charge >= 0.3 is 0 Å². The van der Waals surface area contributed by atoms with Crippen LogP contribution in [0.5, 0.6) is 0 Å². The predicted octanol–water partition coefficient (Wildman–Crippen LogP) is 4.16. The summed E-state index contributed by atoms with van der Waals surface area (Å²) in [6, 6.07) is 11.1. The number of hydrogen-bond donors (Lipinski definition) is 1. The number of hydrogen-bond acceptors (Lipinski definition) is 3. The van der Waals surface area contributed by atoms with Crippen molar-refractivity contribution in [2.75, 3.05) is 7.05 Å². The Hall–Kier alpha value is -0.680. The lowest BCUT2D eigenvalue weighted by atomic mass is 10.1. The van der Waals surface area contributed by atoms with Gasteiger partial charge in [0.05, 0.1) is 0 Å². The van der Waals surface area contributed by atoms with Crippen molar-refractivity contribution in [2.24, 2.45) is 5.73 Å². The molecule has 1 heterocycles. The lowest BCUT2D eigenvalue weighted by Gasteiger charge is -2.24. The second-order valence-electron chi connectivity index (χ2n) is 4.74. The van der Waals surface area contributed by atoms with E-state index in [0.717, 1.165) is 16.6 Å². The monoisotopic (exact) mass is 338 g/mol. The molecule has 0 spiro atoms. The Morgan fingerprint density at radius 3 is 2.74 bits per heavy atom. The number of nitrogens with zero attached hydrogens (tertiary/aromatic N) is 1. The SMILES string of the molecule is CC(c1cccs1)N(C)Cc1ccc(CN)cc1Br. The fourth-order valence-corrected chi connectivity index (χ4v) is 3.40. The van der Waals surface area contributed by atoms with Crippen molar-refractivity contribution in [1.82, 2.24) is 4.90 Å². The quantitative estimate of drug-likeness (QED) is 0.886. The highest BCUT2D eigenvalue weighted by molar-refractivity contribution is 9.10. The molecule has 0 aliphatic carbocycles. The van der Waals surface area contributed by atoms with Crippen LogP contribution in [-0.2, 0) is 13.1 Å². The first-order chi connectivity index (χ1) is 9.11. The summed E-state index contributed by atoms with van der Waals surface area (Å²) in [6.45, 7) is 3.75. The largest absolute Gasteiger partial charge is 0.326 e. The summed E-state index contributed by atoms with van der Waals surface area (Å²) in [5, 5.41) is 2.13. The van der Waals surface area contributed by atoms with Gasteiger partial charge in [-0.15, -0.1) is 11.3 Å². The van der Waals surface area contributed by atoms with Crippen LogP contribution in [0, 0.1) is 0 Å². The van der Waals surface area contributed by atoms with Gasteiger partial charge in [0.25, 0.3) is 0 Å². The van der Waals surface area contributed by atoms with E-state index in [-0.39, 0.29) is 0 Å². The van der Waals surface area contributed by atoms with E-state index in [4.69, 9.17) is 5.73 Å². The van der Waals surface area contributed by atoms with Crippen molar-refractivity contribution < 1.29 is 0 Å². The molecule has 4 heteroatoms. The van der Waals surface area contributed by atoms with Crippen LogP contribution in [0.25, 0.3) is 0 Å². The molecule has 0 amide bonds. The molecular weight excluding hydrogens is 320 g/mol. The molecule has 2 aromatic rings. The smallest absolute Gasteiger partial charge is 0.0413 e. The Kier molecular flexibility index (Phi) is 5.16. The van der Waals surface area contributed by atoms with Gasteiger partial charge in [0.1, 0.15) is 0 Å². The van der Waals surface area contributed by atoms with Gasteiger partial charge in [-0.1, -0.05) is 34.1 Å². The zero-order valence-electron chi connectivity index (χ0n) is 11.3. The second-order valence-corrected chi connectivity index (χ2v) is 6.57. The maximum Gasteiger partial charge on any atom is 0.0413 e. The van der Waals surface area contributed by atoms with Crippen LogP contribution in [0.15, 0.2) is 40.2 Å². The molecule has 1 unspecified atom stereocenters. The minimum Gasteiger partial charge on any atom is -0.326 e. The van der Waals surface area contributed by atoms with E-state index in [1.54, 1.807) is 0 Å². The molecule has 0 bridgehead atoms. The van der Waals surface area contributed by atoms with Crippen molar-refractivity contribution in [2.45, 2.75) is 26.1 Å². The third kappa shape index (κ3) is 3.66. The van der Waals surface area contributed by atoms with Crippen LogP contribution in [0.1, 0.15) is 29.0 Å². The molecule has 2 nitrogen and oxygen atoms in total. The van der Waals surface area contributed by atoms with Gasteiger partial charge in [-0.25, -0.2) is 0 Å². The third-order valence-electron chi connectivity index (χ3n) is 3.39. The first-order valence-electron chi connectivity index (χ1n) is 6.33. The van der Waals surface area contributed by atoms with Crippen molar-refractivity contribution in [3.63, 3.8) is 0 Å². The molecule has 2 rings (SSSR count). The topological polar surface area (TPSA) is 29.3 Å². The fraction of sp³-hybridized carbons (Fsp3) is 0.333. The second kappa shape index (κ2) is 6.66. The lowest BCUT2D eigenvalue weighted by Crippen LogP contribution is -2.21. The zero-order valence-corrected chi connectivity index (χ0v) is 13.7. The van der Waals surface area contributed by atoms with Gasteiger partial charge in [0.15, 0.2) is 0 Å².